The van der Waals surface area contributed by atoms with Gasteiger partial charge < -0.3 is 4.98 Å². The number of benzene rings is 1. The molecule has 1 aromatic carbocycles. The van der Waals surface area contributed by atoms with Gasteiger partial charge in [0.05, 0.1) is 5.69 Å². The average Bonchev–Trinajstić information content (AvgIpc) is 2.31. The fourth-order valence-corrected chi connectivity index (χ4v) is 1.90. The van der Waals surface area contributed by atoms with E-state index in [0.717, 1.165) is 11.6 Å². The molecule has 0 amide bonds. The summed E-state index contributed by atoms with van der Waals surface area (Å²) in [4.78, 5) is 5.92. The first kappa shape index (κ1) is 14.0. The fourth-order valence-electron chi connectivity index (χ4n) is 1.51. The highest BCUT2D eigenvalue weighted by Crippen LogP contribution is 2.30. The third-order valence-corrected chi connectivity index (χ3v) is 3.12. The van der Waals surface area contributed by atoms with Crippen LogP contribution >= 0.6 is 23.8 Å². The first-order valence-corrected chi connectivity index (χ1v) is 6.01. The van der Waals surface area contributed by atoms with Gasteiger partial charge in [-0.05, 0) is 36.8 Å². The molecule has 0 bridgehead atoms. The average molecular weight is 305 g/mol. The lowest BCUT2D eigenvalue weighted by molar-refractivity contribution is -0.141. The van der Waals surface area contributed by atoms with Crippen molar-refractivity contribution in [3.63, 3.8) is 0 Å². The Kier molecular flexibility index (Phi) is 3.64. The van der Waals surface area contributed by atoms with Crippen molar-refractivity contribution in [1.29, 1.82) is 0 Å². The van der Waals surface area contributed by atoms with Crippen LogP contribution in [0.5, 0.6) is 0 Å². The lowest BCUT2D eigenvalue weighted by Gasteiger charge is -2.09. The van der Waals surface area contributed by atoms with Gasteiger partial charge in [0.2, 0.25) is 0 Å². The fraction of sp³-hybridized carbons (Fsp3) is 0.167. The molecular weight excluding hydrogens is 297 g/mol. The van der Waals surface area contributed by atoms with Gasteiger partial charge in [0, 0.05) is 10.6 Å². The Morgan fingerprint density at radius 2 is 1.95 bits per heavy atom. The van der Waals surface area contributed by atoms with E-state index in [2.05, 4.69) is 4.98 Å². The standard InChI is InChI=1S/C12H8ClF3N2S/c1-6-2-3-7(4-8(6)13)9-5-10(12(14,15)16)18-11(19)17-9/h2-5H,1H3,(H,17,18,19). The van der Waals surface area contributed by atoms with E-state index in [4.69, 9.17) is 23.8 Å². The van der Waals surface area contributed by atoms with Crippen molar-refractivity contribution >= 4 is 23.8 Å². The minimum absolute atomic E-state index is 0.137. The van der Waals surface area contributed by atoms with Gasteiger partial charge >= 0.3 is 6.18 Å². The summed E-state index contributed by atoms with van der Waals surface area (Å²) in [5, 5.41) is 0.464. The molecule has 0 unspecified atom stereocenters. The van der Waals surface area contributed by atoms with Crippen molar-refractivity contribution < 1.29 is 13.2 Å². The van der Waals surface area contributed by atoms with Gasteiger partial charge in [-0.2, -0.15) is 13.2 Å². The van der Waals surface area contributed by atoms with Crippen LogP contribution in [0.25, 0.3) is 11.3 Å². The molecule has 2 rings (SSSR count). The smallest absolute Gasteiger partial charge is 0.327 e. The zero-order chi connectivity index (χ0) is 14.2. The van der Waals surface area contributed by atoms with Crippen LogP contribution in [0.15, 0.2) is 24.3 Å². The normalized spacial score (nSPS) is 11.6. The molecule has 0 saturated carbocycles. The van der Waals surface area contributed by atoms with Crippen LogP contribution in [0, 0.1) is 11.7 Å². The molecule has 0 fully saturated rings. The molecule has 0 atom stereocenters. The molecule has 2 nitrogen and oxygen atoms in total. The third kappa shape index (κ3) is 3.13. The summed E-state index contributed by atoms with van der Waals surface area (Å²) < 4.78 is 37.8. The number of nitrogens with one attached hydrogen (secondary N) is 1. The second kappa shape index (κ2) is 4.94. The molecule has 1 N–H and O–H groups in total. The largest absolute Gasteiger partial charge is 0.431 e. The van der Waals surface area contributed by atoms with Gasteiger partial charge in [-0.15, -0.1) is 0 Å². The van der Waals surface area contributed by atoms with Crippen LogP contribution in [0.4, 0.5) is 13.2 Å². The molecule has 0 saturated heterocycles. The maximum atomic E-state index is 12.7. The predicted octanol–water partition coefficient (Wildman–Crippen LogP) is 4.79. The van der Waals surface area contributed by atoms with Crippen molar-refractivity contribution in [2.75, 3.05) is 0 Å². The molecule has 0 aliphatic carbocycles. The zero-order valence-corrected chi connectivity index (χ0v) is 11.2. The van der Waals surface area contributed by atoms with Gasteiger partial charge in [-0.1, -0.05) is 23.7 Å². The molecule has 0 aliphatic heterocycles. The van der Waals surface area contributed by atoms with E-state index in [1.807, 2.05) is 4.98 Å². The molecule has 19 heavy (non-hydrogen) atoms. The topological polar surface area (TPSA) is 28.7 Å². The highest BCUT2D eigenvalue weighted by atomic mass is 35.5. The molecule has 1 heterocycles. The van der Waals surface area contributed by atoms with E-state index in [-0.39, 0.29) is 10.5 Å². The second-order valence-corrected chi connectivity index (χ2v) is 4.74. The number of aromatic amines is 1. The number of hydrogen-bond acceptors (Lipinski definition) is 2. The maximum absolute atomic E-state index is 12.7. The second-order valence-electron chi connectivity index (χ2n) is 3.95. The van der Waals surface area contributed by atoms with Crippen molar-refractivity contribution in [3.8, 4) is 11.3 Å². The van der Waals surface area contributed by atoms with E-state index in [0.29, 0.717) is 10.6 Å². The van der Waals surface area contributed by atoms with Crippen LogP contribution in [0.3, 0.4) is 0 Å². The summed E-state index contributed by atoms with van der Waals surface area (Å²) in [6.07, 6.45) is -4.50. The minimum atomic E-state index is -4.50. The highest BCUT2D eigenvalue weighted by molar-refractivity contribution is 7.71. The van der Waals surface area contributed by atoms with Crippen molar-refractivity contribution in [3.05, 3.63) is 45.3 Å². The molecule has 2 aromatic rings. The Bertz CT molecular complexity index is 679. The molecular formula is C12H8ClF3N2S. The maximum Gasteiger partial charge on any atom is 0.431 e. The van der Waals surface area contributed by atoms with Crippen molar-refractivity contribution in [2.45, 2.75) is 13.1 Å². The van der Waals surface area contributed by atoms with Crippen molar-refractivity contribution in [1.82, 2.24) is 9.97 Å². The molecule has 0 spiro atoms. The van der Waals surface area contributed by atoms with Crippen LogP contribution in [-0.2, 0) is 6.18 Å². The molecule has 0 radical (unpaired) electrons. The molecule has 7 heteroatoms. The van der Waals surface area contributed by atoms with E-state index < -0.39 is 11.9 Å². The van der Waals surface area contributed by atoms with E-state index >= 15 is 0 Å². The van der Waals surface area contributed by atoms with Crippen LogP contribution in [0.1, 0.15) is 11.3 Å². The Morgan fingerprint density at radius 3 is 2.53 bits per heavy atom. The monoisotopic (exact) mass is 304 g/mol. The highest BCUT2D eigenvalue weighted by Gasteiger charge is 2.32. The minimum Gasteiger partial charge on any atom is -0.327 e. The molecule has 100 valence electrons. The van der Waals surface area contributed by atoms with Gasteiger partial charge in [0.1, 0.15) is 5.69 Å². The lowest BCUT2D eigenvalue weighted by atomic mass is 10.1. The zero-order valence-electron chi connectivity index (χ0n) is 9.68. The summed E-state index contributed by atoms with van der Waals surface area (Å²) in [5.74, 6) is 0. The quantitative estimate of drug-likeness (QED) is 0.768. The summed E-state index contributed by atoms with van der Waals surface area (Å²) >= 11 is 10.7. The van der Waals surface area contributed by atoms with E-state index in [1.165, 1.54) is 0 Å². The summed E-state index contributed by atoms with van der Waals surface area (Å²) in [7, 11) is 0. The number of hydrogen-bond donors (Lipinski definition) is 1. The third-order valence-electron chi connectivity index (χ3n) is 2.52. The van der Waals surface area contributed by atoms with Gasteiger partial charge in [0.25, 0.3) is 0 Å². The van der Waals surface area contributed by atoms with E-state index in [9.17, 15) is 13.2 Å². The summed E-state index contributed by atoms with van der Waals surface area (Å²) in [6, 6.07) is 5.84. The number of H-pyrrole nitrogens is 1. The molecule has 0 aliphatic rings. The number of nitrogens with zero attached hydrogens (tertiary/aromatic N) is 1. The first-order chi connectivity index (χ1) is 8.77. The van der Waals surface area contributed by atoms with Crippen LogP contribution in [0.2, 0.25) is 5.02 Å². The Hall–Kier alpha value is -1.40. The summed E-state index contributed by atoms with van der Waals surface area (Å²) in [5.41, 5.74) is 0.529. The Balaban J connectivity index is 2.59. The molecule has 1 aromatic heterocycles. The van der Waals surface area contributed by atoms with E-state index in [1.54, 1.807) is 25.1 Å². The van der Waals surface area contributed by atoms with Crippen LogP contribution < -0.4 is 0 Å². The number of aryl methyl sites for hydroxylation is 1. The first-order valence-electron chi connectivity index (χ1n) is 5.22. The lowest BCUT2D eigenvalue weighted by Crippen LogP contribution is -2.09. The number of rotatable bonds is 1. The number of halogens is 4. The summed E-state index contributed by atoms with van der Waals surface area (Å²) in [6.45, 7) is 1.80. The van der Waals surface area contributed by atoms with Gasteiger partial charge in [0.15, 0.2) is 4.77 Å². The van der Waals surface area contributed by atoms with Gasteiger partial charge in [-0.25, -0.2) is 4.98 Å². The van der Waals surface area contributed by atoms with Crippen LogP contribution in [-0.4, -0.2) is 9.97 Å². The SMILES string of the molecule is Cc1ccc(-c2cc(C(F)(F)F)[nH]c(=S)n2)cc1Cl. The number of aromatic nitrogens is 2. The van der Waals surface area contributed by atoms with Crippen molar-refractivity contribution in [2.24, 2.45) is 0 Å². The number of alkyl halides is 3. The predicted molar refractivity (Wildman–Crippen MR) is 69.6 cm³/mol. The van der Waals surface area contributed by atoms with Gasteiger partial charge in [-0.3, -0.25) is 0 Å². The Morgan fingerprint density at radius 1 is 1.26 bits per heavy atom. The Labute approximate surface area is 117 Å².